The summed E-state index contributed by atoms with van der Waals surface area (Å²) in [7, 11) is 3.61. The van der Waals surface area contributed by atoms with E-state index in [0.29, 0.717) is 0 Å². The van der Waals surface area contributed by atoms with Crippen molar-refractivity contribution in [2.75, 3.05) is 14.1 Å². The highest BCUT2D eigenvalue weighted by molar-refractivity contribution is 6.31. The number of hydrogen-bond acceptors (Lipinski definition) is 4. The molecule has 0 unspecified atom stereocenters. The van der Waals surface area contributed by atoms with Crippen molar-refractivity contribution >= 4 is 23.2 Å². The predicted molar refractivity (Wildman–Crippen MR) is 50.4 cm³/mol. The van der Waals surface area contributed by atoms with Crippen LogP contribution in [0.2, 0.25) is 10.6 Å². The third-order valence-corrected chi connectivity index (χ3v) is 1.31. The van der Waals surface area contributed by atoms with Gasteiger partial charge in [0.1, 0.15) is 0 Å². The van der Waals surface area contributed by atoms with E-state index in [-0.39, 0.29) is 16.4 Å². The molecule has 1 rings (SSSR count). The second kappa shape index (κ2) is 4.26. The lowest BCUT2D eigenvalue weighted by molar-refractivity contribution is 0.597. The summed E-state index contributed by atoms with van der Waals surface area (Å²) in [4.78, 5) is 12.8. The van der Waals surface area contributed by atoms with Crippen LogP contribution in [0.4, 0.5) is 0 Å². The molecule has 6 heteroatoms. The molecule has 0 amide bonds. The van der Waals surface area contributed by atoms with Crippen molar-refractivity contribution in [2.45, 2.75) is 0 Å². The molecule has 0 saturated carbocycles. The van der Waals surface area contributed by atoms with Crippen LogP contribution in [0.15, 0.2) is 0 Å². The minimum Gasteiger partial charge on any atom is -0.338 e. The van der Waals surface area contributed by atoms with Gasteiger partial charge in [-0.15, -0.1) is 0 Å². The average Bonchev–Trinajstić information content (AvgIpc) is 1.99. The monoisotopic (exact) mass is 216 g/mol. The van der Waals surface area contributed by atoms with Gasteiger partial charge in [-0.1, -0.05) is 0 Å². The summed E-state index contributed by atoms with van der Waals surface area (Å²) in [6.07, 6.45) is 0. The Balaban J connectivity index is 2.98. The fourth-order valence-corrected chi connectivity index (χ4v) is 0.907. The second-order valence-electron chi connectivity index (χ2n) is 2.33. The second-order valence-corrected chi connectivity index (χ2v) is 3.00. The summed E-state index contributed by atoms with van der Waals surface area (Å²) in [5, 5.41) is 0.0890. The van der Waals surface area contributed by atoms with Crippen molar-refractivity contribution in [3.8, 4) is 12.0 Å². The zero-order valence-corrected chi connectivity index (χ0v) is 8.56. The molecule has 0 aliphatic rings. The van der Waals surface area contributed by atoms with E-state index in [0.717, 1.165) is 0 Å². The molecule has 0 N–H and O–H groups in total. The molecule has 1 aromatic rings. The van der Waals surface area contributed by atoms with Gasteiger partial charge < -0.3 is 4.90 Å². The van der Waals surface area contributed by atoms with Crippen LogP contribution in [0.3, 0.4) is 0 Å². The Bertz CT molecular complexity index is 346. The smallest absolute Gasteiger partial charge is 0.227 e. The lowest BCUT2D eigenvalue weighted by atomic mass is 10.6. The molecule has 0 bridgehead atoms. The predicted octanol–water partition coefficient (Wildman–Crippen LogP) is 1.05. The van der Waals surface area contributed by atoms with Gasteiger partial charge in [-0.25, -0.2) is 0 Å². The summed E-state index contributed by atoms with van der Waals surface area (Å²) in [5.74, 6) is 2.93. The van der Waals surface area contributed by atoms with Gasteiger partial charge in [0, 0.05) is 20.1 Å². The Morgan fingerprint density at radius 2 is 1.62 bits per heavy atom. The first-order chi connectivity index (χ1) is 6.08. The highest BCUT2D eigenvalue weighted by atomic mass is 35.5. The minimum atomic E-state index is 0.0445. The van der Waals surface area contributed by atoms with E-state index < -0.39 is 0 Å². The molecule has 0 aromatic carbocycles. The van der Waals surface area contributed by atoms with E-state index in [1.54, 1.807) is 19.0 Å². The van der Waals surface area contributed by atoms with E-state index in [2.05, 4.69) is 26.9 Å². The van der Waals surface area contributed by atoms with E-state index in [4.69, 9.17) is 23.2 Å². The lowest BCUT2D eigenvalue weighted by Gasteiger charge is -1.97. The molecule has 0 spiro atoms. The van der Waals surface area contributed by atoms with Crippen molar-refractivity contribution in [3.63, 3.8) is 0 Å². The van der Waals surface area contributed by atoms with E-state index in [9.17, 15) is 0 Å². The Morgan fingerprint density at radius 1 is 1.08 bits per heavy atom. The Hall–Kier alpha value is -1.05. The fourth-order valence-electron chi connectivity index (χ4n) is 0.544. The molecule has 0 aliphatic heterocycles. The fraction of sp³-hybridized carbons (Fsp3) is 0.286. The number of rotatable bonds is 0. The highest BCUT2D eigenvalue weighted by Crippen LogP contribution is 2.04. The van der Waals surface area contributed by atoms with Crippen LogP contribution in [-0.2, 0) is 0 Å². The van der Waals surface area contributed by atoms with Crippen molar-refractivity contribution < 1.29 is 0 Å². The summed E-state index contributed by atoms with van der Waals surface area (Å²) in [5.41, 5.74) is 0. The van der Waals surface area contributed by atoms with Crippen LogP contribution in [-0.4, -0.2) is 33.9 Å². The molecular formula is C7H6Cl2N4. The average molecular weight is 217 g/mol. The first-order valence-electron chi connectivity index (χ1n) is 3.34. The molecule has 0 atom stereocenters. The standard InChI is InChI=1S/C7H6Cl2N4/c1-13(2)4-3-5-10-6(8)12-7(9)11-5/h1-2H3. The number of halogens is 2. The highest BCUT2D eigenvalue weighted by Gasteiger charge is 1.99. The van der Waals surface area contributed by atoms with Gasteiger partial charge >= 0.3 is 0 Å². The molecule has 0 aliphatic carbocycles. The maximum Gasteiger partial charge on any atom is 0.227 e. The Morgan fingerprint density at radius 3 is 2.08 bits per heavy atom. The Labute approximate surface area is 85.9 Å². The minimum absolute atomic E-state index is 0.0445. The third-order valence-electron chi connectivity index (χ3n) is 0.972. The topological polar surface area (TPSA) is 41.9 Å². The van der Waals surface area contributed by atoms with Crippen LogP contribution in [0.25, 0.3) is 0 Å². The summed E-state index contributed by atoms with van der Waals surface area (Å²) < 4.78 is 0. The summed E-state index contributed by atoms with van der Waals surface area (Å²) >= 11 is 11.1. The van der Waals surface area contributed by atoms with Gasteiger partial charge in [-0.05, 0) is 29.1 Å². The van der Waals surface area contributed by atoms with Crippen LogP contribution in [0.1, 0.15) is 5.82 Å². The van der Waals surface area contributed by atoms with E-state index in [1.165, 1.54) is 0 Å². The van der Waals surface area contributed by atoms with Crippen LogP contribution in [0, 0.1) is 12.0 Å². The summed E-state index contributed by atoms with van der Waals surface area (Å²) in [6.45, 7) is 0. The van der Waals surface area contributed by atoms with Crippen molar-refractivity contribution in [1.82, 2.24) is 19.9 Å². The molecule has 1 aromatic heterocycles. The van der Waals surface area contributed by atoms with Crippen molar-refractivity contribution in [2.24, 2.45) is 0 Å². The van der Waals surface area contributed by atoms with E-state index in [1.807, 2.05) is 0 Å². The zero-order chi connectivity index (χ0) is 9.84. The molecule has 0 fully saturated rings. The van der Waals surface area contributed by atoms with E-state index >= 15 is 0 Å². The maximum atomic E-state index is 5.54. The quantitative estimate of drug-likeness (QED) is 0.481. The molecule has 0 radical (unpaired) electrons. The number of nitrogens with zero attached hydrogens (tertiary/aromatic N) is 4. The molecular weight excluding hydrogens is 211 g/mol. The van der Waals surface area contributed by atoms with Crippen LogP contribution in [0.5, 0.6) is 0 Å². The van der Waals surface area contributed by atoms with Gasteiger partial charge in [0.05, 0.1) is 0 Å². The molecule has 4 nitrogen and oxygen atoms in total. The SMILES string of the molecule is CN(C)C#Cc1nc(Cl)nc(Cl)n1. The molecule has 1 heterocycles. The molecule has 13 heavy (non-hydrogen) atoms. The maximum absolute atomic E-state index is 5.54. The Kier molecular flexibility index (Phi) is 3.29. The summed E-state index contributed by atoms with van der Waals surface area (Å²) in [6, 6.07) is 2.73. The van der Waals surface area contributed by atoms with Gasteiger partial charge in [-0.2, -0.15) is 15.0 Å². The lowest BCUT2D eigenvalue weighted by Crippen LogP contribution is -2.02. The third kappa shape index (κ3) is 3.45. The van der Waals surface area contributed by atoms with Crippen LogP contribution >= 0.6 is 23.2 Å². The van der Waals surface area contributed by atoms with Crippen molar-refractivity contribution in [3.05, 3.63) is 16.4 Å². The van der Waals surface area contributed by atoms with Gasteiger partial charge in [0.15, 0.2) is 0 Å². The van der Waals surface area contributed by atoms with Crippen LogP contribution < -0.4 is 0 Å². The van der Waals surface area contributed by atoms with Gasteiger partial charge in [0.25, 0.3) is 0 Å². The van der Waals surface area contributed by atoms with Gasteiger partial charge in [-0.3, -0.25) is 0 Å². The van der Waals surface area contributed by atoms with Gasteiger partial charge in [0.2, 0.25) is 16.4 Å². The zero-order valence-electron chi connectivity index (χ0n) is 7.04. The number of hydrogen-bond donors (Lipinski definition) is 0. The molecule has 0 saturated heterocycles. The number of aromatic nitrogens is 3. The van der Waals surface area contributed by atoms with Crippen molar-refractivity contribution in [1.29, 1.82) is 0 Å². The first kappa shape index (κ1) is 10.0. The normalized spacial score (nSPS) is 8.92. The largest absolute Gasteiger partial charge is 0.338 e. The first-order valence-corrected chi connectivity index (χ1v) is 4.09. The molecule has 68 valence electrons.